The van der Waals surface area contributed by atoms with Crippen LogP contribution in [-0.4, -0.2) is 80.4 Å². The van der Waals surface area contributed by atoms with E-state index in [9.17, 15) is 23.5 Å². The van der Waals surface area contributed by atoms with E-state index in [1.165, 1.54) is 0 Å². The highest BCUT2D eigenvalue weighted by atomic mass is 32.2. The molecule has 16 heteroatoms. The molecule has 2 saturated heterocycles. The van der Waals surface area contributed by atoms with Gasteiger partial charge in [-0.25, -0.2) is 9.52 Å². The lowest BCUT2D eigenvalue weighted by molar-refractivity contribution is -0.152. The molecule has 0 bridgehead atoms. The van der Waals surface area contributed by atoms with E-state index in [1.807, 2.05) is 33.8 Å². The van der Waals surface area contributed by atoms with E-state index >= 15 is 0 Å². The summed E-state index contributed by atoms with van der Waals surface area (Å²) < 4.78 is 53.1. The number of nitrogens with zero attached hydrogens (tertiary/aromatic N) is 4. The van der Waals surface area contributed by atoms with E-state index in [0.717, 1.165) is 9.87 Å². The fourth-order valence-electron chi connectivity index (χ4n) is 5.05. The number of hydrogen-bond donors (Lipinski definition) is 2. The molecule has 244 valence electrons. The minimum atomic E-state index is -4.14. The van der Waals surface area contributed by atoms with Crippen molar-refractivity contribution >= 4 is 29.4 Å². The Morgan fingerprint density at radius 1 is 1.14 bits per heavy atom. The number of alkyl carbamates (subject to hydrolysis) is 1. The molecule has 3 rings (SSSR count). The second kappa shape index (κ2) is 14.0. The van der Waals surface area contributed by atoms with Gasteiger partial charge >= 0.3 is 19.2 Å². The largest absolute Gasteiger partial charge is 0.460 e. The van der Waals surface area contributed by atoms with Crippen molar-refractivity contribution in [1.29, 1.82) is 0 Å². The first-order valence-corrected chi connectivity index (χ1v) is 16.2. The van der Waals surface area contributed by atoms with Gasteiger partial charge in [0.25, 0.3) is 10.2 Å². The van der Waals surface area contributed by atoms with E-state index in [1.54, 1.807) is 45.0 Å². The Hall–Kier alpha value is -2.88. The normalized spacial score (nSPS) is 23.2. The zero-order valence-corrected chi connectivity index (χ0v) is 27.5. The molecule has 2 N–H and O–H groups in total. The number of benzene rings is 1. The minimum Gasteiger partial charge on any atom is -0.460 e. The summed E-state index contributed by atoms with van der Waals surface area (Å²) in [6, 6.07) is 9.02. The minimum absolute atomic E-state index is 0.0277. The number of carbonyl (C=O) groups is 2. The van der Waals surface area contributed by atoms with Crippen molar-refractivity contribution in [1.82, 2.24) is 14.3 Å². The molecule has 14 nitrogen and oxygen atoms in total. The van der Waals surface area contributed by atoms with Crippen LogP contribution in [0.1, 0.15) is 66.9 Å². The Morgan fingerprint density at radius 2 is 1.77 bits per heavy atom. The second-order valence-electron chi connectivity index (χ2n) is 13.1. The maximum absolute atomic E-state index is 13.6. The van der Waals surface area contributed by atoms with Crippen LogP contribution >= 0.6 is 0 Å². The van der Waals surface area contributed by atoms with Gasteiger partial charge in [-0.05, 0) is 78.2 Å². The van der Waals surface area contributed by atoms with Crippen molar-refractivity contribution in [2.24, 2.45) is 11.0 Å². The molecule has 0 aromatic heterocycles. The monoisotopic (exact) mass is 636 g/mol. The topological polar surface area (TPSA) is 181 Å². The van der Waals surface area contributed by atoms with E-state index in [-0.39, 0.29) is 26.2 Å². The average Bonchev–Trinajstić information content (AvgIpc) is 3.39. The maximum Gasteiger partial charge on any atom is 0.457 e. The van der Waals surface area contributed by atoms with Crippen molar-refractivity contribution in [2.45, 2.75) is 96.6 Å². The van der Waals surface area contributed by atoms with Gasteiger partial charge in [-0.15, -0.1) is 0 Å². The van der Waals surface area contributed by atoms with Crippen molar-refractivity contribution in [3.05, 3.63) is 46.3 Å². The van der Waals surface area contributed by atoms with Gasteiger partial charge in [0.15, 0.2) is 5.54 Å². The molecule has 0 aliphatic carbocycles. The third-order valence-corrected chi connectivity index (χ3v) is 9.55. The lowest BCUT2D eigenvalue weighted by Crippen LogP contribution is -2.48. The molecule has 0 saturated carbocycles. The fraction of sp³-hybridized carbons (Fsp3) is 0.714. The van der Waals surface area contributed by atoms with E-state index in [2.05, 4.69) is 20.1 Å². The van der Waals surface area contributed by atoms with Crippen molar-refractivity contribution in [3.8, 4) is 0 Å². The molecule has 44 heavy (non-hydrogen) atoms. The molecule has 0 radical (unpaired) electrons. The van der Waals surface area contributed by atoms with Crippen LogP contribution in [0.2, 0.25) is 6.32 Å². The summed E-state index contributed by atoms with van der Waals surface area (Å²) in [5, 5.41) is 6.39. The van der Waals surface area contributed by atoms with Crippen LogP contribution in [0.3, 0.4) is 0 Å². The van der Waals surface area contributed by atoms with Crippen molar-refractivity contribution < 1.29 is 36.8 Å². The summed E-state index contributed by atoms with van der Waals surface area (Å²) in [7, 11) is -4.61. The summed E-state index contributed by atoms with van der Waals surface area (Å²) in [5.41, 5.74) is 6.76. The zero-order chi connectivity index (χ0) is 32.8. The number of carbonyl (C=O) groups excluding carboxylic acids is 2. The van der Waals surface area contributed by atoms with Gasteiger partial charge in [0, 0.05) is 31.1 Å². The fourth-order valence-corrected chi connectivity index (χ4v) is 6.34. The molecule has 2 heterocycles. The van der Waals surface area contributed by atoms with Crippen LogP contribution in [0.25, 0.3) is 10.4 Å². The van der Waals surface area contributed by atoms with Crippen molar-refractivity contribution in [3.63, 3.8) is 0 Å². The number of azide groups is 1. The molecule has 0 spiro atoms. The SMILES string of the molecule is CC(C)(C)OC(=O)NCCNS(=O)(=O)N1C[C@H](CCCB2OC(C)(C)C(C)(C)O2)[C@](N=[N+]=[N-])(C(=O)OCc2ccccc2)C1. The Morgan fingerprint density at radius 3 is 2.36 bits per heavy atom. The first kappa shape index (κ1) is 35.6. The summed E-state index contributed by atoms with van der Waals surface area (Å²) >= 11 is 0. The molecule has 2 atom stereocenters. The van der Waals surface area contributed by atoms with Crippen LogP contribution in [-0.2, 0) is 40.4 Å². The number of amides is 1. The molecule has 2 fully saturated rings. The maximum atomic E-state index is 13.6. The molecule has 2 aliphatic heterocycles. The van der Waals surface area contributed by atoms with Gasteiger partial charge in [0.05, 0.1) is 11.2 Å². The van der Waals surface area contributed by atoms with Gasteiger partial charge in [0.1, 0.15) is 12.2 Å². The first-order valence-electron chi connectivity index (χ1n) is 14.8. The highest BCUT2D eigenvalue weighted by Gasteiger charge is 2.56. The Labute approximate surface area is 260 Å². The van der Waals surface area contributed by atoms with Crippen molar-refractivity contribution in [2.75, 3.05) is 26.2 Å². The van der Waals surface area contributed by atoms with Gasteiger partial charge in [-0.2, -0.15) is 12.7 Å². The lowest BCUT2D eigenvalue weighted by atomic mass is 9.78. The third kappa shape index (κ3) is 9.08. The smallest absolute Gasteiger partial charge is 0.457 e. The third-order valence-electron chi connectivity index (χ3n) is 8.02. The quantitative estimate of drug-likeness (QED) is 0.0815. The van der Waals surface area contributed by atoms with Gasteiger partial charge in [-0.3, -0.25) is 4.79 Å². The number of hydrogen-bond acceptors (Lipinski definition) is 9. The summed E-state index contributed by atoms with van der Waals surface area (Å²) in [6.07, 6.45) is 0.673. The summed E-state index contributed by atoms with van der Waals surface area (Å²) in [4.78, 5) is 28.5. The number of esters is 1. The molecule has 1 amide bonds. The van der Waals surface area contributed by atoms with Crippen LogP contribution in [0, 0.1) is 5.92 Å². The molecular formula is C28H45BN6O8S. The van der Waals surface area contributed by atoms with Crippen LogP contribution in [0.4, 0.5) is 4.79 Å². The van der Waals surface area contributed by atoms with Crippen LogP contribution in [0.15, 0.2) is 35.4 Å². The number of ether oxygens (including phenoxy) is 2. The highest BCUT2D eigenvalue weighted by molar-refractivity contribution is 7.87. The van der Waals surface area contributed by atoms with Crippen LogP contribution in [0.5, 0.6) is 0 Å². The van der Waals surface area contributed by atoms with E-state index in [4.69, 9.17) is 18.8 Å². The predicted octanol–water partition coefficient (Wildman–Crippen LogP) is 3.94. The first-order chi connectivity index (χ1) is 20.4. The molecule has 2 aliphatic rings. The molecule has 0 unspecified atom stereocenters. The van der Waals surface area contributed by atoms with Gasteiger partial charge in [-0.1, -0.05) is 41.9 Å². The van der Waals surface area contributed by atoms with Gasteiger partial charge < -0.3 is 24.1 Å². The second-order valence-corrected chi connectivity index (χ2v) is 14.9. The van der Waals surface area contributed by atoms with Crippen LogP contribution < -0.4 is 10.0 Å². The Kier molecular flexibility index (Phi) is 11.4. The Balaban J connectivity index is 1.73. The summed E-state index contributed by atoms with van der Waals surface area (Å²) in [5.74, 6) is -1.48. The molecule has 1 aromatic rings. The van der Waals surface area contributed by atoms with Gasteiger partial charge in [0.2, 0.25) is 0 Å². The number of nitrogens with one attached hydrogen (secondary N) is 2. The number of rotatable bonds is 13. The standard InChI is InChI=1S/C28H45BN6O8S/c1-25(2,3)41-24(37)31-16-17-32-44(38,39)35-18-22(14-11-15-29-42-26(4,5)27(6,7)43-29)28(20-35,33-34-30)23(36)40-19-21-12-9-8-10-13-21/h8-10,12-13,22,32H,11,14-20H2,1-7H3,(H,31,37)/t22-,28-/m0/s1. The molecule has 1 aromatic carbocycles. The van der Waals surface area contributed by atoms with E-state index < -0.39 is 64.2 Å². The molecular weight excluding hydrogens is 591 g/mol. The predicted molar refractivity (Wildman–Crippen MR) is 164 cm³/mol. The Bertz CT molecular complexity index is 1300. The average molecular weight is 637 g/mol. The lowest BCUT2D eigenvalue weighted by Gasteiger charge is -2.32. The zero-order valence-electron chi connectivity index (χ0n) is 26.7. The summed E-state index contributed by atoms with van der Waals surface area (Å²) in [6.45, 7) is 12.3. The highest BCUT2D eigenvalue weighted by Crippen LogP contribution is 2.41. The van der Waals surface area contributed by atoms with E-state index in [0.29, 0.717) is 19.2 Å².